The third-order valence-corrected chi connectivity index (χ3v) is 5.63. The van der Waals surface area contributed by atoms with Crippen molar-refractivity contribution in [3.8, 4) is 11.3 Å². The minimum absolute atomic E-state index is 0.490. The summed E-state index contributed by atoms with van der Waals surface area (Å²) in [5.41, 5.74) is 4.06. The van der Waals surface area contributed by atoms with Crippen LogP contribution in [0.5, 0.6) is 0 Å². The number of hydrogen-bond acceptors (Lipinski definition) is 3. The highest BCUT2D eigenvalue weighted by molar-refractivity contribution is 6.43. The number of halogens is 2. The Bertz CT molecular complexity index is 1130. The summed E-state index contributed by atoms with van der Waals surface area (Å²) in [5.74, 6) is 0.646. The van der Waals surface area contributed by atoms with E-state index in [0.29, 0.717) is 15.9 Å². The lowest BCUT2D eigenvalue weighted by Gasteiger charge is -2.13. The molecular weight excluding hydrogens is 401 g/mol. The Hall–Kier alpha value is -2.62. The van der Waals surface area contributed by atoms with Crippen molar-refractivity contribution in [3.05, 3.63) is 82.3 Å². The Kier molecular flexibility index (Phi) is 5.98. The highest BCUT2D eigenvalue weighted by Gasteiger charge is 2.14. The number of para-hydroxylation sites is 1. The lowest BCUT2D eigenvalue weighted by atomic mass is 10.0. The third kappa shape index (κ3) is 4.36. The van der Waals surface area contributed by atoms with E-state index in [2.05, 4.69) is 46.7 Å². The van der Waals surface area contributed by atoms with Crippen molar-refractivity contribution in [2.24, 2.45) is 0 Å². The van der Waals surface area contributed by atoms with E-state index >= 15 is 0 Å². The van der Waals surface area contributed by atoms with Crippen LogP contribution in [0.2, 0.25) is 10.0 Å². The summed E-state index contributed by atoms with van der Waals surface area (Å²) in [5, 5.41) is 15.1. The molecule has 4 aromatic rings. The van der Waals surface area contributed by atoms with Crippen molar-refractivity contribution in [3.63, 3.8) is 0 Å². The number of aromatic nitrogens is 2. The van der Waals surface area contributed by atoms with E-state index in [1.165, 1.54) is 18.4 Å². The van der Waals surface area contributed by atoms with Gasteiger partial charge in [0.25, 0.3) is 0 Å². The van der Waals surface area contributed by atoms with Crippen LogP contribution >= 0.6 is 23.2 Å². The zero-order valence-electron chi connectivity index (χ0n) is 16.1. The average Bonchev–Trinajstić information content (AvgIpc) is 2.75. The van der Waals surface area contributed by atoms with Gasteiger partial charge in [-0.05, 0) is 42.7 Å². The van der Waals surface area contributed by atoms with E-state index in [1.54, 1.807) is 0 Å². The molecule has 0 radical (unpaired) electrons. The van der Waals surface area contributed by atoms with E-state index in [0.717, 1.165) is 34.1 Å². The van der Waals surface area contributed by atoms with Gasteiger partial charge in [-0.1, -0.05) is 79.0 Å². The van der Waals surface area contributed by atoms with Gasteiger partial charge >= 0.3 is 0 Å². The number of aryl methyl sites for hydroxylation is 1. The van der Waals surface area contributed by atoms with Gasteiger partial charge in [0, 0.05) is 22.0 Å². The molecule has 0 saturated heterocycles. The lowest BCUT2D eigenvalue weighted by Crippen LogP contribution is -1.99. The molecule has 1 N–H and O–H groups in total. The molecule has 1 heterocycles. The number of fused-ring (bicyclic) bond motifs is 1. The number of hydrogen-bond donors (Lipinski definition) is 1. The van der Waals surface area contributed by atoms with E-state index in [-0.39, 0.29) is 0 Å². The molecule has 1 aromatic heterocycles. The highest BCUT2D eigenvalue weighted by Crippen LogP contribution is 2.36. The second-order valence-corrected chi connectivity index (χ2v) is 7.82. The molecule has 0 aliphatic rings. The second-order valence-electron chi connectivity index (χ2n) is 7.00. The third-order valence-electron chi connectivity index (χ3n) is 4.90. The van der Waals surface area contributed by atoms with Gasteiger partial charge in [0.1, 0.15) is 5.69 Å². The van der Waals surface area contributed by atoms with Gasteiger partial charge in [0.05, 0.1) is 10.0 Å². The Labute approximate surface area is 180 Å². The largest absolute Gasteiger partial charge is 0.338 e. The van der Waals surface area contributed by atoms with Gasteiger partial charge in [-0.25, -0.2) is 0 Å². The number of unbranched alkanes of at least 4 members (excludes halogenated alkanes) is 1. The van der Waals surface area contributed by atoms with E-state index in [1.807, 2.05) is 42.5 Å². The molecule has 0 aliphatic heterocycles. The molecule has 0 atom stereocenters. The first-order valence-corrected chi connectivity index (χ1v) is 10.5. The first-order valence-electron chi connectivity index (χ1n) is 9.72. The summed E-state index contributed by atoms with van der Waals surface area (Å²) in [6.45, 7) is 2.20. The van der Waals surface area contributed by atoms with Crippen LogP contribution in [0.4, 0.5) is 11.5 Å². The molecule has 146 valence electrons. The molecule has 0 saturated carbocycles. The summed E-state index contributed by atoms with van der Waals surface area (Å²) >= 11 is 12.7. The predicted molar refractivity (Wildman–Crippen MR) is 123 cm³/mol. The first-order chi connectivity index (χ1) is 14.2. The lowest BCUT2D eigenvalue weighted by molar-refractivity contribution is 0.795. The van der Waals surface area contributed by atoms with Crippen LogP contribution in [0.15, 0.2) is 66.7 Å². The van der Waals surface area contributed by atoms with Crippen LogP contribution in [0, 0.1) is 0 Å². The smallest absolute Gasteiger partial charge is 0.161 e. The van der Waals surface area contributed by atoms with Crippen LogP contribution in [0.3, 0.4) is 0 Å². The van der Waals surface area contributed by atoms with Gasteiger partial charge in [-0.3, -0.25) is 0 Å². The van der Waals surface area contributed by atoms with Crippen LogP contribution in [-0.4, -0.2) is 10.2 Å². The van der Waals surface area contributed by atoms with Crippen LogP contribution in [0.25, 0.3) is 22.0 Å². The number of benzene rings is 3. The molecule has 29 heavy (non-hydrogen) atoms. The first kappa shape index (κ1) is 19.7. The van der Waals surface area contributed by atoms with Crippen LogP contribution in [0.1, 0.15) is 25.3 Å². The van der Waals surface area contributed by atoms with Crippen molar-refractivity contribution in [1.82, 2.24) is 10.2 Å². The topological polar surface area (TPSA) is 37.8 Å². The van der Waals surface area contributed by atoms with Gasteiger partial charge in [0.2, 0.25) is 0 Å². The fourth-order valence-corrected chi connectivity index (χ4v) is 3.65. The van der Waals surface area contributed by atoms with Crippen LogP contribution < -0.4 is 5.32 Å². The fourth-order valence-electron chi connectivity index (χ4n) is 3.32. The van der Waals surface area contributed by atoms with Gasteiger partial charge in [-0.2, -0.15) is 0 Å². The number of anilines is 2. The Balaban J connectivity index is 1.79. The zero-order chi connectivity index (χ0) is 20.2. The number of nitrogens with one attached hydrogen (secondary N) is 1. The minimum Gasteiger partial charge on any atom is -0.338 e. The molecule has 3 aromatic carbocycles. The maximum absolute atomic E-state index is 6.34. The molecule has 0 bridgehead atoms. The van der Waals surface area contributed by atoms with E-state index in [4.69, 9.17) is 23.2 Å². The summed E-state index contributed by atoms with van der Waals surface area (Å²) in [6.07, 6.45) is 3.47. The number of nitrogens with zero attached hydrogens (tertiary/aromatic N) is 2. The Morgan fingerprint density at radius 3 is 2.21 bits per heavy atom. The summed E-state index contributed by atoms with van der Waals surface area (Å²) in [6, 6.07) is 22.1. The Morgan fingerprint density at radius 1 is 0.828 bits per heavy atom. The second kappa shape index (κ2) is 8.81. The standard InChI is InChI=1S/C24H21Cl2N3/c1-2-3-7-16-10-12-17(13-11-16)23-19-14-21(25)22(26)15-20(19)24(29-28-23)27-18-8-5-4-6-9-18/h4-6,8-15H,2-3,7H2,1H3,(H,27,29). The molecule has 0 amide bonds. The van der Waals surface area contributed by atoms with E-state index in [9.17, 15) is 0 Å². The Morgan fingerprint density at radius 2 is 1.52 bits per heavy atom. The molecule has 0 fully saturated rings. The molecule has 3 nitrogen and oxygen atoms in total. The SMILES string of the molecule is CCCCc1ccc(-c2nnc(Nc3ccccc3)c3cc(Cl)c(Cl)cc23)cc1. The average molecular weight is 422 g/mol. The molecule has 0 aliphatic carbocycles. The molecule has 4 rings (SSSR count). The summed E-state index contributed by atoms with van der Waals surface area (Å²) < 4.78 is 0. The predicted octanol–water partition coefficient (Wildman–Crippen LogP) is 7.69. The zero-order valence-corrected chi connectivity index (χ0v) is 17.6. The maximum Gasteiger partial charge on any atom is 0.161 e. The van der Waals surface area contributed by atoms with Gasteiger partial charge in [0.15, 0.2) is 5.82 Å². The normalized spacial score (nSPS) is 11.0. The fraction of sp³-hybridized carbons (Fsp3) is 0.167. The van der Waals surface area contributed by atoms with E-state index < -0.39 is 0 Å². The molecule has 5 heteroatoms. The summed E-state index contributed by atoms with van der Waals surface area (Å²) in [7, 11) is 0. The molecule has 0 unspecified atom stereocenters. The van der Waals surface area contributed by atoms with Gasteiger partial charge < -0.3 is 5.32 Å². The molecular formula is C24H21Cl2N3. The van der Waals surface area contributed by atoms with Crippen molar-refractivity contribution >= 4 is 45.5 Å². The quantitative estimate of drug-likeness (QED) is 0.346. The summed E-state index contributed by atoms with van der Waals surface area (Å²) in [4.78, 5) is 0. The monoisotopic (exact) mass is 421 g/mol. The van der Waals surface area contributed by atoms with Crippen LogP contribution in [-0.2, 0) is 6.42 Å². The van der Waals surface area contributed by atoms with Crippen molar-refractivity contribution in [2.75, 3.05) is 5.32 Å². The van der Waals surface area contributed by atoms with Gasteiger partial charge in [-0.15, -0.1) is 10.2 Å². The van der Waals surface area contributed by atoms with Crippen molar-refractivity contribution in [1.29, 1.82) is 0 Å². The maximum atomic E-state index is 6.34. The van der Waals surface area contributed by atoms with Crippen molar-refractivity contribution < 1.29 is 0 Å². The molecule has 0 spiro atoms. The van der Waals surface area contributed by atoms with Crippen molar-refractivity contribution in [2.45, 2.75) is 26.2 Å². The number of rotatable bonds is 6. The highest BCUT2D eigenvalue weighted by atomic mass is 35.5. The minimum atomic E-state index is 0.490.